The summed E-state index contributed by atoms with van der Waals surface area (Å²) in [4.78, 5) is 11.5. The number of carbonyl (C=O) groups is 1. The van der Waals surface area contributed by atoms with Gasteiger partial charge in [0.25, 0.3) is 0 Å². The molecule has 0 aromatic heterocycles. The molecule has 7 heteroatoms. The first-order chi connectivity index (χ1) is 9.20. The van der Waals surface area contributed by atoms with Crippen LogP contribution in [-0.4, -0.2) is 19.0 Å². The van der Waals surface area contributed by atoms with Crippen molar-refractivity contribution in [2.45, 2.75) is 20.0 Å². The van der Waals surface area contributed by atoms with Crippen molar-refractivity contribution in [1.82, 2.24) is 5.32 Å². The van der Waals surface area contributed by atoms with Crippen LogP contribution in [0.1, 0.15) is 19.4 Å². The molecule has 1 aromatic rings. The Labute approximate surface area is 124 Å². The number of hydrogen-bond donors (Lipinski definition) is 2. The minimum atomic E-state index is -4.46. The highest BCUT2D eigenvalue weighted by molar-refractivity contribution is 9.10. The molecule has 0 aliphatic carbocycles. The average Bonchev–Trinajstić information content (AvgIpc) is 2.32. The van der Waals surface area contributed by atoms with E-state index in [9.17, 15) is 18.0 Å². The SMILES string of the molecule is CC(C)CNC(=O)CNc1cc(Br)ccc1C(F)(F)F. The predicted octanol–water partition coefficient (Wildman–Crippen LogP) is 3.65. The molecule has 2 N–H and O–H groups in total. The number of rotatable bonds is 5. The summed E-state index contributed by atoms with van der Waals surface area (Å²) in [7, 11) is 0. The molecule has 0 atom stereocenters. The number of nitrogens with one attached hydrogen (secondary N) is 2. The molecule has 0 unspecified atom stereocenters. The van der Waals surface area contributed by atoms with Gasteiger partial charge < -0.3 is 10.6 Å². The van der Waals surface area contributed by atoms with Gasteiger partial charge in [-0.15, -0.1) is 0 Å². The van der Waals surface area contributed by atoms with Crippen molar-refractivity contribution < 1.29 is 18.0 Å². The van der Waals surface area contributed by atoms with Gasteiger partial charge in [-0.05, 0) is 24.1 Å². The second-order valence-electron chi connectivity index (χ2n) is 4.74. The summed E-state index contributed by atoms with van der Waals surface area (Å²) in [5, 5.41) is 5.15. The van der Waals surface area contributed by atoms with Crippen LogP contribution in [0, 0.1) is 5.92 Å². The van der Waals surface area contributed by atoms with Gasteiger partial charge in [-0.1, -0.05) is 29.8 Å². The fraction of sp³-hybridized carbons (Fsp3) is 0.462. The van der Waals surface area contributed by atoms with Crippen LogP contribution in [0.3, 0.4) is 0 Å². The molecule has 0 bridgehead atoms. The summed E-state index contributed by atoms with van der Waals surface area (Å²) in [6.07, 6.45) is -4.46. The van der Waals surface area contributed by atoms with Gasteiger partial charge in [0, 0.05) is 16.7 Å². The topological polar surface area (TPSA) is 41.1 Å². The molecule has 112 valence electrons. The highest BCUT2D eigenvalue weighted by Gasteiger charge is 2.33. The van der Waals surface area contributed by atoms with Crippen LogP contribution in [0.5, 0.6) is 0 Å². The van der Waals surface area contributed by atoms with E-state index in [0.717, 1.165) is 6.07 Å². The summed E-state index contributed by atoms with van der Waals surface area (Å²) >= 11 is 3.11. The van der Waals surface area contributed by atoms with E-state index in [1.165, 1.54) is 12.1 Å². The first-order valence-electron chi connectivity index (χ1n) is 6.07. The maximum atomic E-state index is 12.8. The largest absolute Gasteiger partial charge is 0.418 e. The molecule has 0 saturated heterocycles. The number of carbonyl (C=O) groups excluding carboxylic acids is 1. The van der Waals surface area contributed by atoms with Gasteiger partial charge in [0.2, 0.25) is 5.91 Å². The summed E-state index contributed by atoms with van der Waals surface area (Å²) in [6, 6.07) is 3.59. The number of amides is 1. The Morgan fingerprint density at radius 1 is 1.35 bits per heavy atom. The number of anilines is 1. The van der Waals surface area contributed by atoms with Gasteiger partial charge in [0.15, 0.2) is 0 Å². The minimum Gasteiger partial charge on any atom is -0.376 e. The molecule has 0 heterocycles. The van der Waals surface area contributed by atoms with Crippen LogP contribution in [0.2, 0.25) is 0 Å². The van der Waals surface area contributed by atoms with Crippen LogP contribution < -0.4 is 10.6 Å². The zero-order valence-electron chi connectivity index (χ0n) is 11.1. The van der Waals surface area contributed by atoms with Crippen LogP contribution in [-0.2, 0) is 11.0 Å². The van der Waals surface area contributed by atoms with E-state index in [1.807, 2.05) is 13.8 Å². The standard InChI is InChI=1S/C13H16BrF3N2O/c1-8(2)6-19-12(20)7-18-11-5-9(14)3-4-10(11)13(15,16)17/h3-5,8,18H,6-7H2,1-2H3,(H,19,20). The van der Waals surface area contributed by atoms with Crippen LogP contribution >= 0.6 is 15.9 Å². The molecule has 1 aromatic carbocycles. The van der Waals surface area contributed by atoms with E-state index in [0.29, 0.717) is 11.0 Å². The lowest BCUT2D eigenvalue weighted by molar-refractivity contribution is -0.137. The molecule has 0 aliphatic heterocycles. The second-order valence-corrected chi connectivity index (χ2v) is 5.65. The van der Waals surface area contributed by atoms with Gasteiger partial charge in [0.1, 0.15) is 0 Å². The van der Waals surface area contributed by atoms with Gasteiger partial charge in [-0.3, -0.25) is 4.79 Å². The van der Waals surface area contributed by atoms with Crippen LogP contribution in [0.4, 0.5) is 18.9 Å². The highest BCUT2D eigenvalue weighted by Crippen LogP contribution is 2.36. The van der Waals surface area contributed by atoms with Gasteiger partial charge in [-0.25, -0.2) is 0 Å². The van der Waals surface area contributed by atoms with Crippen molar-refractivity contribution in [3.63, 3.8) is 0 Å². The van der Waals surface area contributed by atoms with Crippen LogP contribution in [0.15, 0.2) is 22.7 Å². The molecule has 0 spiro atoms. The van der Waals surface area contributed by atoms with E-state index in [1.54, 1.807) is 0 Å². The maximum Gasteiger partial charge on any atom is 0.418 e. The Morgan fingerprint density at radius 3 is 2.55 bits per heavy atom. The quantitative estimate of drug-likeness (QED) is 0.849. The Morgan fingerprint density at radius 2 is 2.00 bits per heavy atom. The molecule has 0 radical (unpaired) electrons. The third-order valence-corrected chi connectivity index (χ3v) is 2.93. The number of halogens is 4. The lowest BCUT2D eigenvalue weighted by Crippen LogP contribution is -2.32. The van der Waals surface area contributed by atoms with E-state index in [-0.39, 0.29) is 24.1 Å². The number of benzene rings is 1. The summed E-state index contributed by atoms with van der Waals surface area (Å²) < 4.78 is 38.9. The lowest BCUT2D eigenvalue weighted by Gasteiger charge is -2.15. The van der Waals surface area contributed by atoms with Crippen molar-refractivity contribution in [3.05, 3.63) is 28.2 Å². The van der Waals surface area contributed by atoms with Crippen LogP contribution in [0.25, 0.3) is 0 Å². The summed E-state index contributed by atoms with van der Waals surface area (Å²) in [6.45, 7) is 4.16. The van der Waals surface area contributed by atoms with E-state index < -0.39 is 11.7 Å². The fourth-order valence-corrected chi connectivity index (χ4v) is 1.83. The monoisotopic (exact) mass is 352 g/mol. The molecule has 1 amide bonds. The first kappa shape index (κ1) is 16.8. The minimum absolute atomic E-state index is 0.119. The van der Waals surface area contributed by atoms with E-state index in [2.05, 4.69) is 26.6 Å². The average molecular weight is 353 g/mol. The van der Waals surface area contributed by atoms with Crippen molar-refractivity contribution in [1.29, 1.82) is 0 Å². The van der Waals surface area contributed by atoms with Crippen molar-refractivity contribution in [2.24, 2.45) is 5.92 Å². The Balaban J connectivity index is 2.72. The van der Waals surface area contributed by atoms with Gasteiger partial charge in [-0.2, -0.15) is 13.2 Å². The van der Waals surface area contributed by atoms with Crippen molar-refractivity contribution in [2.75, 3.05) is 18.4 Å². The smallest absolute Gasteiger partial charge is 0.376 e. The molecule has 0 aliphatic rings. The predicted molar refractivity (Wildman–Crippen MR) is 75.5 cm³/mol. The third-order valence-electron chi connectivity index (χ3n) is 2.43. The number of hydrogen-bond acceptors (Lipinski definition) is 2. The molecule has 3 nitrogen and oxygen atoms in total. The van der Waals surface area contributed by atoms with Gasteiger partial charge in [0.05, 0.1) is 12.1 Å². The zero-order chi connectivity index (χ0) is 15.3. The zero-order valence-corrected chi connectivity index (χ0v) is 12.7. The maximum absolute atomic E-state index is 12.8. The van der Waals surface area contributed by atoms with Crippen molar-refractivity contribution >= 4 is 27.5 Å². The Kier molecular flexibility index (Phi) is 5.86. The second kappa shape index (κ2) is 6.97. The summed E-state index contributed by atoms with van der Waals surface area (Å²) in [5.74, 6) is -0.0534. The van der Waals surface area contributed by atoms with Crippen molar-refractivity contribution in [3.8, 4) is 0 Å². The van der Waals surface area contributed by atoms with E-state index >= 15 is 0 Å². The molecular weight excluding hydrogens is 337 g/mol. The molecule has 20 heavy (non-hydrogen) atoms. The Hall–Kier alpha value is -1.24. The molecule has 0 saturated carbocycles. The number of alkyl halides is 3. The highest BCUT2D eigenvalue weighted by atomic mass is 79.9. The summed E-state index contributed by atoms with van der Waals surface area (Å²) in [5.41, 5.74) is -0.913. The van der Waals surface area contributed by atoms with Gasteiger partial charge >= 0.3 is 6.18 Å². The normalized spacial score (nSPS) is 11.6. The fourth-order valence-electron chi connectivity index (χ4n) is 1.47. The molecular formula is C13H16BrF3N2O. The third kappa shape index (κ3) is 5.40. The van der Waals surface area contributed by atoms with E-state index in [4.69, 9.17) is 0 Å². The molecule has 1 rings (SSSR count). The Bertz CT molecular complexity index is 475. The molecule has 0 fully saturated rings. The lowest BCUT2D eigenvalue weighted by atomic mass is 10.1. The first-order valence-corrected chi connectivity index (χ1v) is 6.86.